The van der Waals surface area contributed by atoms with Crippen LogP contribution in [0.5, 0.6) is 0 Å². The van der Waals surface area contributed by atoms with Gasteiger partial charge in [0.25, 0.3) is 0 Å². The average Bonchev–Trinajstić information content (AvgIpc) is 2.64. The quantitative estimate of drug-likeness (QED) is 0.535. The van der Waals surface area contributed by atoms with Crippen molar-refractivity contribution in [2.75, 3.05) is 19.8 Å². The van der Waals surface area contributed by atoms with Crippen molar-refractivity contribution in [3.63, 3.8) is 0 Å². The van der Waals surface area contributed by atoms with Crippen LogP contribution in [0.25, 0.3) is 0 Å². The van der Waals surface area contributed by atoms with Gasteiger partial charge in [-0.15, -0.1) is 0 Å². The molecule has 0 aromatic heterocycles. The Balaban J connectivity index is 2.50. The van der Waals surface area contributed by atoms with Gasteiger partial charge in [0.15, 0.2) is 6.29 Å². The molecule has 0 amide bonds. The van der Waals surface area contributed by atoms with Crippen LogP contribution in [0.1, 0.15) is 41.5 Å². The van der Waals surface area contributed by atoms with Gasteiger partial charge in [-0.05, 0) is 38.8 Å². The molecule has 1 fully saturated rings. The lowest BCUT2D eigenvalue weighted by atomic mass is 9.95. The molecular weight excluding hydrogens is 348 g/mol. The topological polar surface area (TPSA) is 38.7 Å². The zero-order chi connectivity index (χ0) is 21.0. The minimum Gasteiger partial charge on any atom is -0.392 e. The monoisotopic (exact) mass is 384 g/mol. The van der Waals surface area contributed by atoms with Crippen molar-refractivity contribution in [1.82, 2.24) is 0 Å². The lowest BCUT2D eigenvalue weighted by Crippen LogP contribution is -2.38. The van der Waals surface area contributed by atoms with Crippen LogP contribution in [0.4, 0.5) is 0 Å². The fraction of sp³-hybridized carbons (Fsp3) is 0.440. The molecule has 154 valence electrons. The second-order valence-corrected chi connectivity index (χ2v) is 8.12. The molecule has 0 saturated carbocycles. The van der Waals surface area contributed by atoms with Gasteiger partial charge in [0, 0.05) is 5.41 Å². The molecule has 0 bridgehead atoms. The van der Waals surface area contributed by atoms with Crippen LogP contribution >= 0.6 is 0 Å². The summed E-state index contributed by atoms with van der Waals surface area (Å²) in [4.78, 5) is 0. The van der Waals surface area contributed by atoms with E-state index in [1.165, 1.54) is 0 Å². The Morgan fingerprint density at radius 3 is 1.82 bits per heavy atom. The highest BCUT2D eigenvalue weighted by Gasteiger charge is 2.28. The molecule has 1 aliphatic heterocycles. The van der Waals surface area contributed by atoms with Crippen molar-refractivity contribution < 1.29 is 14.6 Å². The molecule has 1 N–H and O–H groups in total. The Morgan fingerprint density at radius 2 is 1.32 bits per heavy atom. The summed E-state index contributed by atoms with van der Waals surface area (Å²) in [5.41, 5.74) is 4.42. The molecule has 28 heavy (non-hydrogen) atoms. The third-order valence-corrected chi connectivity index (χ3v) is 4.16. The van der Waals surface area contributed by atoms with Gasteiger partial charge >= 0.3 is 0 Å². The molecule has 3 nitrogen and oxygen atoms in total. The summed E-state index contributed by atoms with van der Waals surface area (Å²) < 4.78 is 11.6. The predicted molar refractivity (Wildman–Crippen MR) is 119 cm³/mol. The Bertz CT molecular complexity index is 687. The van der Waals surface area contributed by atoms with Crippen LogP contribution in [0.15, 0.2) is 83.1 Å². The summed E-state index contributed by atoms with van der Waals surface area (Å²) in [5.74, 6) is 0. The smallest absolute Gasteiger partial charge is 0.179 e. The number of allylic oxidation sites excluding steroid dienone is 12. The van der Waals surface area contributed by atoms with Crippen LogP contribution in [0.3, 0.4) is 0 Å². The molecule has 0 aliphatic carbocycles. The van der Waals surface area contributed by atoms with Crippen LogP contribution in [0, 0.1) is 5.41 Å². The molecular formula is C25H36O3. The minimum atomic E-state index is -0.237. The molecule has 1 aliphatic rings. The summed E-state index contributed by atoms with van der Waals surface area (Å²) >= 11 is 0. The molecule has 0 unspecified atom stereocenters. The van der Waals surface area contributed by atoms with E-state index < -0.39 is 0 Å². The Morgan fingerprint density at radius 1 is 0.821 bits per heavy atom. The van der Waals surface area contributed by atoms with Gasteiger partial charge in [0.2, 0.25) is 0 Å². The number of rotatable bonds is 8. The maximum atomic E-state index is 8.95. The van der Waals surface area contributed by atoms with Gasteiger partial charge in [0.1, 0.15) is 0 Å². The van der Waals surface area contributed by atoms with E-state index in [4.69, 9.17) is 14.6 Å². The van der Waals surface area contributed by atoms with E-state index in [9.17, 15) is 0 Å². The van der Waals surface area contributed by atoms with E-state index in [-0.39, 0.29) is 18.3 Å². The summed E-state index contributed by atoms with van der Waals surface area (Å²) in [5, 5.41) is 8.95. The summed E-state index contributed by atoms with van der Waals surface area (Å²) in [6.07, 6.45) is 19.9. The molecule has 1 saturated heterocycles. The maximum Gasteiger partial charge on any atom is 0.179 e. The van der Waals surface area contributed by atoms with Crippen molar-refractivity contribution in [3.05, 3.63) is 83.1 Å². The number of aliphatic hydroxyl groups excluding tert-OH is 1. The largest absolute Gasteiger partial charge is 0.392 e. The first kappa shape index (κ1) is 24.1. The van der Waals surface area contributed by atoms with Crippen LogP contribution in [-0.2, 0) is 9.47 Å². The van der Waals surface area contributed by atoms with Crippen molar-refractivity contribution in [1.29, 1.82) is 0 Å². The van der Waals surface area contributed by atoms with Gasteiger partial charge in [-0.3, -0.25) is 0 Å². The van der Waals surface area contributed by atoms with Gasteiger partial charge in [-0.25, -0.2) is 0 Å². The predicted octanol–water partition coefficient (Wildman–Crippen LogP) is 5.83. The lowest BCUT2D eigenvalue weighted by Gasteiger charge is -2.34. The lowest BCUT2D eigenvalue weighted by molar-refractivity contribution is -0.202. The fourth-order valence-corrected chi connectivity index (χ4v) is 2.33. The first-order valence-electron chi connectivity index (χ1n) is 9.78. The van der Waals surface area contributed by atoms with E-state index in [0.29, 0.717) is 0 Å². The first-order chi connectivity index (χ1) is 13.2. The Labute approximate surface area is 171 Å². The normalized spacial score (nSPS) is 20.8. The van der Waals surface area contributed by atoms with E-state index in [0.717, 1.165) is 35.5 Å². The SMILES string of the molecule is CC(C=CC=C(C)CO)=CC=CC=C(C)C=CC=C(C)C1OCC(C)(C)CO1. The standard InChI is InChI=1S/C25H36O3/c1-20(13-9-15-22(3)17-26)11-7-8-12-21(2)14-10-16-23(4)24-27-18-25(5,6)19-28-24/h7-16,24,26H,17-19H2,1-6H3. The van der Waals surface area contributed by atoms with Crippen molar-refractivity contribution >= 4 is 0 Å². The third-order valence-electron chi connectivity index (χ3n) is 4.16. The highest BCUT2D eigenvalue weighted by Crippen LogP contribution is 2.25. The van der Waals surface area contributed by atoms with E-state index in [1.54, 1.807) is 0 Å². The van der Waals surface area contributed by atoms with Gasteiger partial charge in [-0.2, -0.15) is 0 Å². The highest BCUT2D eigenvalue weighted by molar-refractivity contribution is 5.29. The van der Waals surface area contributed by atoms with Crippen molar-refractivity contribution in [2.24, 2.45) is 5.41 Å². The number of hydrogen-bond acceptors (Lipinski definition) is 3. The molecule has 0 spiro atoms. The van der Waals surface area contributed by atoms with Gasteiger partial charge in [-0.1, -0.05) is 85.8 Å². The first-order valence-corrected chi connectivity index (χ1v) is 9.78. The number of ether oxygens (including phenoxy) is 2. The molecule has 1 heterocycles. The molecule has 0 aromatic carbocycles. The maximum absolute atomic E-state index is 8.95. The average molecular weight is 385 g/mol. The second kappa shape index (κ2) is 12.5. The Kier molecular flexibility index (Phi) is 10.8. The zero-order valence-corrected chi connectivity index (χ0v) is 18.2. The highest BCUT2D eigenvalue weighted by atomic mass is 16.7. The van der Waals surface area contributed by atoms with Crippen molar-refractivity contribution in [2.45, 2.75) is 47.8 Å². The second-order valence-electron chi connectivity index (χ2n) is 8.12. The summed E-state index contributed by atoms with van der Waals surface area (Å²) in [6, 6.07) is 0. The Hall–Kier alpha value is -1.94. The summed E-state index contributed by atoms with van der Waals surface area (Å²) in [7, 11) is 0. The number of hydrogen-bond donors (Lipinski definition) is 1. The molecule has 0 radical (unpaired) electrons. The third kappa shape index (κ3) is 10.4. The van der Waals surface area contributed by atoms with Crippen LogP contribution in [-0.4, -0.2) is 31.2 Å². The zero-order valence-electron chi connectivity index (χ0n) is 18.2. The fourth-order valence-electron chi connectivity index (χ4n) is 2.33. The van der Waals surface area contributed by atoms with Gasteiger partial charge < -0.3 is 14.6 Å². The molecule has 0 aromatic rings. The molecule has 0 atom stereocenters. The summed E-state index contributed by atoms with van der Waals surface area (Å²) in [6.45, 7) is 13.9. The van der Waals surface area contributed by atoms with Crippen LogP contribution in [0.2, 0.25) is 0 Å². The molecule has 3 heteroatoms. The van der Waals surface area contributed by atoms with E-state index in [2.05, 4.69) is 39.0 Å². The number of aliphatic hydroxyl groups is 1. The van der Waals surface area contributed by atoms with E-state index >= 15 is 0 Å². The van der Waals surface area contributed by atoms with Crippen LogP contribution < -0.4 is 0 Å². The van der Waals surface area contributed by atoms with Crippen molar-refractivity contribution in [3.8, 4) is 0 Å². The molecule has 1 rings (SSSR count). The van der Waals surface area contributed by atoms with Gasteiger partial charge in [0.05, 0.1) is 19.8 Å². The minimum absolute atomic E-state index is 0.0932. The van der Waals surface area contributed by atoms with E-state index in [1.807, 2.05) is 63.3 Å².